The lowest BCUT2D eigenvalue weighted by molar-refractivity contribution is 0.221. The van der Waals surface area contributed by atoms with E-state index in [2.05, 4.69) is 49.0 Å². The highest BCUT2D eigenvalue weighted by Crippen LogP contribution is 2.30. The topological polar surface area (TPSA) is 122 Å². The summed E-state index contributed by atoms with van der Waals surface area (Å²) in [6.45, 7) is 0. The van der Waals surface area contributed by atoms with Gasteiger partial charge >= 0.3 is 0 Å². The highest BCUT2D eigenvalue weighted by Gasteiger charge is 2.24. The summed E-state index contributed by atoms with van der Waals surface area (Å²) in [5.74, 6) is -0.0653. The Morgan fingerprint density at radius 3 is 2.51 bits per heavy atom. The second-order valence-electron chi connectivity index (χ2n) is 9.75. The summed E-state index contributed by atoms with van der Waals surface area (Å²) in [4.78, 5) is 19.2. The molecule has 0 spiro atoms. The van der Waals surface area contributed by atoms with Crippen LogP contribution in [0.25, 0.3) is 22.0 Å². The summed E-state index contributed by atoms with van der Waals surface area (Å²) in [5, 5.41) is 3.83. The molecule has 10 nitrogen and oxygen atoms in total. The first-order valence-electron chi connectivity index (χ1n) is 12.6. The summed E-state index contributed by atoms with van der Waals surface area (Å²) in [6, 6.07) is 10.3. The summed E-state index contributed by atoms with van der Waals surface area (Å²) in [6.07, 6.45) is 8.68. The van der Waals surface area contributed by atoms with Gasteiger partial charge in [0.15, 0.2) is 0 Å². The zero-order valence-electron chi connectivity index (χ0n) is 21.9. The maximum Gasteiger partial charge on any atom is 0.284 e. The molecule has 12 heteroatoms. The second-order valence-corrected chi connectivity index (χ2v) is 11.3. The van der Waals surface area contributed by atoms with E-state index in [-0.39, 0.29) is 22.2 Å². The van der Waals surface area contributed by atoms with Crippen molar-refractivity contribution in [3.8, 4) is 17.0 Å². The van der Waals surface area contributed by atoms with Gasteiger partial charge in [-0.05, 0) is 75.7 Å². The zero-order chi connectivity index (χ0) is 27.6. The Hall–Kier alpha value is -3.90. The lowest BCUT2D eigenvalue weighted by atomic mass is 9.91. The fraction of sp³-hybridized carbons (Fsp3) is 0.333. The van der Waals surface area contributed by atoms with Gasteiger partial charge in [-0.2, -0.15) is 8.42 Å². The average Bonchev–Trinajstić information content (AvgIpc) is 2.94. The van der Waals surface area contributed by atoms with Gasteiger partial charge in [0, 0.05) is 47.3 Å². The molecule has 1 aliphatic carbocycles. The van der Waals surface area contributed by atoms with Crippen LogP contribution in [0, 0.1) is 5.82 Å². The minimum atomic E-state index is -4.13. The molecule has 1 saturated carbocycles. The number of methoxy groups -OCH3 is 1. The molecule has 39 heavy (non-hydrogen) atoms. The quantitative estimate of drug-likeness (QED) is 0.330. The average molecular weight is 552 g/mol. The minimum absolute atomic E-state index is 0.142. The number of fused-ring (bicyclic) bond motifs is 1. The zero-order valence-corrected chi connectivity index (χ0v) is 22.7. The van der Waals surface area contributed by atoms with E-state index in [1.807, 2.05) is 0 Å². The maximum atomic E-state index is 14.9. The van der Waals surface area contributed by atoms with Gasteiger partial charge in [-0.15, -0.1) is 0 Å². The molecule has 204 valence electrons. The van der Waals surface area contributed by atoms with Crippen LogP contribution in [0.4, 0.5) is 16.0 Å². The van der Waals surface area contributed by atoms with Crippen LogP contribution in [0.15, 0.2) is 60.0 Å². The van der Waals surface area contributed by atoms with Crippen LogP contribution in [0.2, 0.25) is 0 Å². The largest absolute Gasteiger partial charge is 0.479 e. The molecule has 0 bridgehead atoms. The third-order valence-electron chi connectivity index (χ3n) is 6.95. The summed E-state index contributed by atoms with van der Waals surface area (Å²) in [5.41, 5.74) is 1.68. The smallest absolute Gasteiger partial charge is 0.284 e. The highest BCUT2D eigenvalue weighted by atomic mass is 32.2. The maximum absolute atomic E-state index is 14.9. The van der Waals surface area contributed by atoms with E-state index in [9.17, 15) is 12.8 Å². The molecule has 0 amide bonds. The second kappa shape index (κ2) is 11.1. The number of nitrogens with one attached hydrogen (secondary N) is 2. The lowest BCUT2D eigenvalue weighted by Gasteiger charge is -2.32. The molecule has 2 N–H and O–H groups in total. The van der Waals surface area contributed by atoms with Crippen molar-refractivity contribution in [2.24, 2.45) is 0 Å². The van der Waals surface area contributed by atoms with Crippen LogP contribution in [-0.2, 0) is 10.0 Å². The van der Waals surface area contributed by atoms with Gasteiger partial charge in [-0.25, -0.2) is 24.3 Å². The predicted molar refractivity (Wildman–Crippen MR) is 148 cm³/mol. The summed E-state index contributed by atoms with van der Waals surface area (Å²) in [7, 11) is 1.42. The summed E-state index contributed by atoms with van der Waals surface area (Å²) < 4.78 is 48.1. The normalized spacial score (nSPS) is 17.8. The number of rotatable bonds is 8. The molecule has 0 saturated heterocycles. The van der Waals surface area contributed by atoms with Gasteiger partial charge in [-0.3, -0.25) is 4.72 Å². The number of sulfonamides is 1. The number of halogens is 1. The van der Waals surface area contributed by atoms with E-state index in [1.54, 1.807) is 24.4 Å². The van der Waals surface area contributed by atoms with Crippen LogP contribution in [-0.4, -0.2) is 66.5 Å². The number of ether oxygens (including phenoxy) is 1. The van der Waals surface area contributed by atoms with E-state index in [1.165, 1.54) is 37.7 Å². The third-order valence-corrected chi connectivity index (χ3v) is 8.24. The Bertz CT molecular complexity index is 1590. The molecule has 1 aliphatic rings. The van der Waals surface area contributed by atoms with Crippen molar-refractivity contribution >= 4 is 32.6 Å². The van der Waals surface area contributed by atoms with E-state index in [0.717, 1.165) is 36.6 Å². The van der Waals surface area contributed by atoms with Gasteiger partial charge in [-0.1, -0.05) is 6.07 Å². The molecule has 2 aromatic heterocycles. The molecule has 0 aliphatic heterocycles. The molecule has 0 atom stereocenters. The summed E-state index contributed by atoms with van der Waals surface area (Å²) >= 11 is 0. The monoisotopic (exact) mass is 551 g/mol. The first-order valence-corrected chi connectivity index (χ1v) is 14.1. The lowest BCUT2D eigenvalue weighted by Crippen LogP contribution is -2.36. The van der Waals surface area contributed by atoms with Gasteiger partial charge < -0.3 is 15.0 Å². The van der Waals surface area contributed by atoms with Crippen molar-refractivity contribution in [1.29, 1.82) is 0 Å². The number of anilines is 2. The van der Waals surface area contributed by atoms with Crippen molar-refractivity contribution in [3.05, 3.63) is 60.8 Å². The van der Waals surface area contributed by atoms with Crippen LogP contribution in [0.5, 0.6) is 5.88 Å². The van der Waals surface area contributed by atoms with Crippen molar-refractivity contribution < 1.29 is 17.5 Å². The Labute approximate surface area is 226 Å². The fourth-order valence-electron chi connectivity index (χ4n) is 4.84. The number of aromatic nitrogens is 4. The van der Waals surface area contributed by atoms with Gasteiger partial charge in [0.25, 0.3) is 15.9 Å². The van der Waals surface area contributed by atoms with Crippen LogP contribution in [0.3, 0.4) is 0 Å². The first kappa shape index (κ1) is 26.7. The fourth-order valence-corrected chi connectivity index (χ4v) is 5.94. The standard InChI is InChI=1S/C27H30FN7O3S/c1-35(2)21-8-5-19(6-9-21)32-27-31-16-18-14-17(4-11-24(18)33-27)22-15-20(7-10-23(22)28)34-39(36,37)26-25(38-3)29-12-13-30-26/h4,7,10-16,19,21,34H,5-6,8-9H2,1-3H3,(H,31,32,33)/t19-,21-. The van der Waals surface area contributed by atoms with Crippen molar-refractivity contribution in [3.63, 3.8) is 0 Å². The Balaban J connectivity index is 1.35. The van der Waals surface area contributed by atoms with Crippen molar-refractivity contribution in [2.45, 2.75) is 42.8 Å². The molecular formula is C27H30FN7O3S. The molecule has 5 rings (SSSR count). The van der Waals surface area contributed by atoms with Gasteiger partial charge in [0.2, 0.25) is 11.0 Å². The van der Waals surface area contributed by atoms with Gasteiger partial charge in [0.05, 0.1) is 12.6 Å². The van der Waals surface area contributed by atoms with Crippen molar-refractivity contribution in [1.82, 2.24) is 24.8 Å². The first-order chi connectivity index (χ1) is 18.7. The Morgan fingerprint density at radius 1 is 1.00 bits per heavy atom. The van der Waals surface area contributed by atoms with E-state index >= 15 is 0 Å². The minimum Gasteiger partial charge on any atom is -0.479 e. The van der Waals surface area contributed by atoms with Crippen LogP contribution < -0.4 is 14.8 Å². The molecule has 4 aromatic rings. The molecule has 2 aromatic carbocycles. The Morgan fingerprint density at radius 2 is 1.77 bits per heavy atom. The number of benzene rings is 2. The number of hydrogen-bond acceptors (Lipinski definition) is 9. The van der Waals surface area contributed by atoms with E-state index in [4.69, 9.17) is 4.74 Å². The van der Waals surface area contributed by atoms with E-state index in [0.29, 0.717) is 23.6 Å². The van der Waals surface area contributed by atoms with Crippen LogP contribution >= 0.6 is 0 Å². The third kappa shape index (κ3) is 5.91. The van der Waals surface area contributed by atoms with Crippen LogP contribution in [0.1, 0.15) is 25.7 Å². The molecular weight excluding hydrogens is 521 g/mol. The predicted octanol–water partition coefficient (Wildman–Crippen LogP) is 4.32. The van der Waals surface area contributed by atoms with Gasteiger partial charge in [0.1, 0.15) is 5.82 Å². The molecule has 2 heterocycles. The molecule has 0 radical (unpaired) electrons. The molecule has 0 unspecified atom stereocenters. The number of nitrogens with zero attached hydrogens (tertiary/aromatic N) is 5. The van der Waals surface area contributed by atoms with E-state index < -0.39 is 15.8 Å². The Kier molecular flexibility index (Phi) is 7.58. The molecule has 1 fully saturated rings. The highest BCUT2D eigenvalue weighted by molar-refractivity contribution is 7.92. The number of hydrogen-bond donors (Lipinski definition) is 2. The SMILES string of the molecule is COc1nccnc1S(=O)(=O)Nc1ccc(F)c(-c2ccc3nc(N[C@H]4CC[C@H](N(C)C)CC4)ncc3c2)c1. The van der Waals surface area contributed by atoms with Crippen molar-refractivity contribution in [2.75, 3.05) is 31.2 Å².